The third kappa shape index (κ3) is 2.69. The van der Waals surface area contributed by atoms with Gasteiger partial charge in [0.2, 0.25) is 5.91 Å². The van der Waals surface area contributed by atoms with Crippen LogP contribution in [0.1, 0.15) is 30.4 Å². The first-order valence-corrected chi connectivity index (χ1v) is 4.91. The number of amides is 2. The lowest BCUT2D eigenvalue weighted by molar-refractivity contribution is -0.120. The molecule has 0 unspecified atom stereocenters. The number of primary amides is 1. The SMILES string of the molecule is CC(C)(NC(=O)CCl)c1noc(C(N)=O)n1. The molecule has 0 radical (unpaired) electrons. The average Bonchev–Trinajstić information content (AvgIpc) is 2.66. The van der Waals surface area contributed by atoms with Crippen LogP contribution in [0.5, 0.6) is 0 Å². The molecule has 0 aliphatic carbocycles. The lowest BCUT2D eigenvalue weighted by Gasteiger charge is -2.21. The highest BCUT2D eigenvalue weighted by molar-refractivity contribution is 6.27. The van der Waals surface area contributed by atoms with E-state index in [4.69, 9.17) is 17.3 Å². The van der Waals surface area contributed by atoms with Crippen molar-refractivity contribution in [3.8, 4) is 0 Å². The molecule has 16 heavy (non-hydrogen) atoms. The van der Waals surface area contributed by atoms with Crippen LogP contribution < -0.4 is 11.1 Å². The molecule has 2 amide bonds. The molecule has 8 heteroatoms. The van der Waals surface area contributed by atoms with Crippen molar-refractivity contribution in [1.29, 1.82) is 0 Å². The minimum absolute atomic E-state index is 0.153. The van der Waals surface area contributed by atoms with Gasteiger partial charge < -0.3 is 15.6 Å². The second-order valence-corrected chi connectivity index (χ2v) is 3.86. The Bertz CT molecular complexity index is 415. The van der Waals surface area contributed by atoms with E-state index in [-0.39, 0.29) is 23.5 Å². The molecule has 1 rings (SSSR count). The highest BCUT2D eigenvalue weighted by Gasteiger charge is 2.29. The van der Waals surface area contributed by atoms with Gasteiger partial charge in [0.25, 0.3) is 0 Å². The molecule has 7 nitrogen and oxygen atoms in total. The van der Waals surface area contributed by atoms with Gasteiger partial charge in [-0.3, -0.25) is 9.59 Å². The van der Waals surface area contributed by atoms with Crippen LogP contribution in [0.2, 0.25) is 0 Å². The van der Waals surface area contributed by atoms with Crippen molar-refractivity contribution in [2.45, 2.75) is 19.4 Å². The van der Waals surface area contributed by atoms with E-state index in [1.807, 2.05) is 0 Å². The van der Waals surface area contributed by atoms with Gasteiger partial charge in [0.05, 0.1) is 5.54 Å². The standard InChI is InChI=1S/C8H11ClN4O3/c1-8(2,12-4(14)3-9)7-11-6(5(10)15)16-13-7/h3H2,1-2H3,(H2,10,15)(H,12,14). The number of carbonyl (C=O) groups is 2. The molecule has 0 aromatic carbocycles. The summed E-state index contributed by atoms with van der Waals surface area (Å²) in [4.78, 5) is 25.6. The van der Waals surface area contributed by atoms with Gasteiger partial charge in [0.1, 0.15) is 5.88 Å². The van der Waals surface area contributed by atoms with Crippen LogP contribution in [0.4, 0.5) is 0 Å². The van der Waals surface area contributed by atoms with E-state index < -0.39 is 11.4 Å². The molecule has 0 saturated carbocycles. The van der Waals surface area contributed by atoms with Crippen LogP contribution in [0.25, 0.3) is 0 Å². The first kappa shape index (κ1) is 12.4. The maximum Gasteiger partial charge on any atom is 0.315 e. The highest BCUT2D eigenvalue weighted by atomic mass is 35.5. The zero-order chi connectivity index (χ0) is 12.3. The Morgan fingerprint density at radius 1 is 1.56 bits per heavy atom. The molecule has 1 aromatic rings. The second kappa shape index (κ2) is 4.48. The van der Waals surface area contributed by atoms with Crippen LogP contribution in [0, 0.1) is 0 Å². The Balaban J connectivity index is 2.89. The maximum atomic E-state index is 11.1. The first-order chi connectivity index (χ1) is 7.36. The zero-order valence-electron chi connectivity index (χ0n) is 8.78. The molecule has 0 aliphatic heterocycles. The van der Waals surface area contributed by atoms with E-state index in [9.17, 15) is 9.59 Å². The minimum Gasteiger partial charge on any atom is -0.361 e. The topological polar surface area (TPSA) is 111 Å². The van der Waals surface area contributed by atoms with Crippen LogP contribution in [0.15, 0.2) is 4.52 Å². The number of carbonyl (C=O) groups excluding carboxylic acids is 2. The molecule has 88 valence electrons. The predicted octanol–water partition coefficient (Wildman–Crippen LogP) is -0.241. The Morgan fingerprint density at radius 3 is 2.62 bits per heavy atom. The summed E-state index contributed by atoms with van der Waals surface area (Å²) in [6.07, 6.45) is 0. The third-order valence-electron chi connectivity index (χ3n) is 1.77. The predicted molar refractivity (Wildman–Crippen MR) is 54.7 cm³/mol. The van der Waals surface area contributed by atoms with Gasteiger partial charge in [-0.15, -0.1) is 11.6 Å². The van der Waals surface area contributed by atoms with Crippen LogP contribution in [0.3, 0.4) is 0 Å². The summed E-state index contributed by atoms with van der Waals surface area (Å²) in [5.41, 5.74) is 4.07. The highest BCUT2D eigenvalue weighted by Crippen LogP contribution is 2.16. The lowest BCUT2D eigenvalue weighted by Crippen LogP contribution is -2.42. The van der Waals surface area contributed by atoms with Gasteiger partial charge in [-0.05, 0) is 13.8 Å². The maximum absolute atomic E-state index is 11.1. The van der Waals surface area contributed by atoms with Crippen LogP contribution in [-0.2, 0) is 10.3 Å². The fourth-order valence-corrected chi connectivity index (χ4v) is 1.08. The Kier molecular flexibility index (Phi) is 3.48. The number of hydrogen-bond acceptors (Lipinski definition) is 5. The molecular weight excluding hydrogens is 236 g/mol. The molecule has 3 N–H and O–H groups in total. The van der Waals surface area contributed by atoms with Gasteiger partial charge in [-0.2, -0.15) is 4.98 Å². The van der Waals surface area contributed by atoms with E-state index >= 15 is 0 Å². The van der Waals surface area contributed by atoms with E-state index in [0.717, 1.165) is 0 Å². The normalized spacial score (nSPS) is 11.2. The van der Waals surface area contributed by atoms with Crippen molar-refractivity contribution in [1.82, 2.24) is 15.5 Å². The molecule has 0 bridgehead atoms. The molecule has 1 heterocycles. The van der Waals surface area contributed by atoms with Crippen molar-refractivity contribution in [2.24, 2.45) is 5.73 Å². The van der Waals surface area contributed by atoms with Crippen molar-refractivity contribution < 1.29 is 14.1 Å². The smallest absolute Gasteiger partial charge is 0.315 e. The van der Waals surface area contributed by atoms with E-state index in [0.29, 0.717) is 0 Å². The quantitative estimate of drug-likeness (QED) is 0.712. The number of hydrogen-bond donors (Lipinski definition) is 2. The molecule has 0 aliphatic rings. The number of nitrogens with one attached hydrogen (secondary N) is 1. The number of aromatic nitrogens is 2. The molecule has 1 aromatic heterocycles. The summed E-state index contributed by atoms with van der Waals surface area (Å²) < 4.78 is 4.61. The van der Waals surface area contributed by atoms with E-state index in [1.54, 1.807) is 13.8 Å². The second-order valence-electron chi connectivity index (χ2n) is 3.59. The lowest BCUT2D eigenvalue weighted by atomic mass is 10.1. The fraction of sp³-hybridized carbons (Fsp3) is 0.500. The molecule has 0 fully saturated rings. The third-order valence-corrected chi connectivity index (χ3v) is 2.01. The number of nitrogens with zero attached hydrogens (tertiary/aromatic N) is 2. The summed E-state index contributed by atoms with van der Waals surface area (Å²) in [5.74, 6) is -1.53. The Hall–Kier alpha value is -1.63. The number of nitrogens with two attached hydrogens (primary N) is 1. The number of alkyl halides is 1. The summed E-state index contributed by atoms with van der Waals surface area (Å²) in [5, 5.41) is 6.12. The monoisotopic (exact) mass is 246 g/mol. The summed E-state index contributed by atoms with van der Waals surface area (Å²) >= 11 is 5.35. The van der Waals surface area contributed by atoms with Gasteiger partial charge >= 0.3 is 11.8 Å². The van der Waals surface area contributed by atoms with Crippen molar-refractivity contribution >= 4 is 23.4 Å². The Morgan fingerprint density at radius 2 is 2.19 bits per heavy atom. The van der Waals surface area contributed by atoms with Crippen molar-refractivity contribution in [3.05, 3.63) is 11.7 Å². The van der Waals surface area contributed by atoms with Gasteiger partial charge in [0.15, 0.2) is 5.82 Å². The van der Waals surface area contributed by atoms with Gasteiger partial charge in [-0.1, -0.05) is 5.16 Å². The van der Waals surface area contributed by atoms with Gasteiger partial charge in [0, 0.05) is 0 Å². The Labute approximate surface area is 96.3 Å². The first-order valence-electron chi connectivity index (χ1n) is 4.38. The fourth-order valence-electron chi connectivity index (χ4n) is 1.02. The van der Waals surface area contributed by atoms with Crippen LogP contribution >= 0.6 is 11.6 Å². The molecular formula is C8H11ClN4O3. The zero-order valence-corrected chi connectivity index (χ0v) is 9.54. The number of rotatable bonds is 4. The summed E-state index contributed by atoms with van der Waals surface area (Å²) in [6.45, 7) is 3.29. The summed E-state index contributed by atoms with van der Waals surface area (Å²) in [7, 11) is 0. The molecule has 0 spiro atoms. The van der Waals surface area contributed by atoms with E-state index in [1.165, 1.54) is 0 Å². The largest absolute Gasteiger partial charge is 0.361 e. The summed E-state index contributed by atoms with van der Waals surface area (Å²) in [6, 6.07) is 0. The van der Waals surface area contributed by atoms with E-state index in [2.05, 4.69) is 20.0 Å². The van der Waals surface area contributed by atoms with Crippen LogP contribution in [-0.4, -0.2) is 27.8 Å². The van der Waals surface area contributed by atoms with Crippen molar-refractivity contribution in [3.63, 3.8) is 0 Å². The van der Waals surface area contributed by atoms with Gasteiger partial charge in [-0.25, -0.2) is 0 Å². The number of halogens is 1. The molecule has 0 atom stereocenters. The minimum atomic E-state index is -0.886. The van der Waals surface area contributed by atoms with Crippen molar-refractivity contribution in [2.75, 3.05) is 5.88 Å². The molecule has 0 saturated heterocycles. The average molecular weight is 247 g/mol.